The molecule has 0 aliphatic heterocycles. The Morgan fingerprint density at radius 3 is 2.48 bits per heavy atom. The fourth-order valence-corrected chi connectivity index (χ4v) is 3.91. The molecule has 4 nitrogen and oxygen atoms in total. The van der Waals surface area contributed by atoms with E-state index in [0.717, 1.165) is 35.3 Å². The van der Waals surface area contributed by atoms with E-state index >= 15 is 0 Å². The van der Waals surface area contributed by atoms with Crippen LogP contribution in [0.5, 0.6) is 5.75 Å². The molecule has 0 saturated heterocycles. The summed E-state index contributed by atoms with van der Waals surface area (Å²) in [5.41, 5.74) is 7.77. The first-order valence-corrected chi connectivity index (χ1v) is 10.1. The van der Waals surface area contributed by atoms with E-state index in [1.165, 1.54) is 29.6 Å². The highest BCUT2D eigenvalue weighted by Gasteiger charge is 2.16. The van der Waals surface area contributed by atoms with Crippen molar-refractivity contribution in [2.75, 3.05) is 6.61 Å². The van der Waals surface area contributed by atoms with E-state index in [1.807, 2.05) is 50.2 Å². The number of ether oxygens (including phenoxy) is 1. The van der Waals surface area contributed by atoms with Crippen LogP contribution in [0.2, 0.25) is 0 Å². The third-order valence-corrected chi connectivity index (χ3v) is 5.80. The monoisotopic (exact) mass is 389 g/mol. The minimum Gasteiger partial charge on any atom is -0.489 e. The third kappa shape index (κ3) is 5.06. The van der Waals surface area contributed by atoms with Crippen molar-refractivity contribution in [3.05, 3.63) is 69.8 Å². The normalized spacial score (nSPS) is 13.8. The molecule has 0 aromatic heterocycles. The van der Waals surface area contributed by atoms with Gasteiger partial charge in [0.25, 0.3) is 0 Å². The minimum absolute atomic E-state index is 0.140. The summed E-state index contributed by atoms with van der Waals surface area (Å²) in [5, 5.41) is 17.9. The molecule has 2 aromatic rings. The second-order valence-corrected chi connectivity index (χ2v) is 7.63. The van der Waals surface area contributed by atoms with E-state index in [4.69, 9.17) is 15.1 Å². The van der Waals surface area contributed by atoms with Crippen LogP contribution >= 0.6 is 0 Å². The van der Waals surface area contributed by atoms with Gasteiger partial charge in [-0.1, -0.05) is 18.2 Å². The zero-order valence-corrected chi connectivity index (χ0v) is 17.1. The van der Waals surface area contributed by atoms with Crippen LogP contribution in [0.25, 0.3) is 5.57 Å². The first-order chi connectivity index (χ1) is 14.0. The summed E-state index contributed by atoms with van der Waals surface area (Å²) in [5.74, 6) is 0.0841. The Morgan fingerprint density at radius 2 is 1.79 bits per heavy atom. The van der Waals surface area contributed by atoms with Crippen molar-refractivity contribution in [2.24, 2.45) is 0 Å². The van der Waals surface area contributed by atoms with Crippen molar-refractivity contribution >= 4 is 11.5 Å². The molecule has 0 radical (unpaired) electrons. The Bertz CT molecular complexity index is 965. The summed E-state index contributed by atoms with van der Waals surface area (Å²) >= 11 is 0. The molecule has 0 fully saturated rings. The van der Waals surface area contributed by atoms with Crippen molar-refractivity contribution < 1.29 is 14.6 Å². The lowest BCUT2D eigenvalue weighted by molar-refractivity contribution is -0.136. The maximum atomic E-state index is 10.9. The molecule has 4 heteroatoms. The molecular weight excluding hydrogens is 362 g/mol. The minimum atomic E-state index is -0.776. The quantitative estimate of drug-likeness (QED) is 0.669. The summed E-state index contributed by atoms with van der Waals surface area (Å²) in [6, 6.07) is 13.9. The van der Waals surface area contributed by atoms with Gasteiger partial charge in [-0.2, -0.15) is 5.26 Å². The van der Waals surface area contributed by atoms with Gasteiger partial charge in [0.05, 0.1) is 11.6 Å². The zero-order valence-electron chi connectivity index (χ0n) is 17.1. The number of nitriles is 1. The molecule has 2 aromatic carbocycles. The van der Waals surface area contributed by atoms with Crippen molar-refractivity contribution in [1.29, 1.82) is 5.26 Å². The van der Waals surface area contributed by atoms with Crippen molar-refractivity contribution in [3.63, 3.8) is 0 Å². The number of allylic oxidation sites excluding steroid dienone is 1. The maximum Gasteiger partial charge on any atom is 0.303 e. The zero-order chi connectivity index (χ0) is 20.8. The predicted molar refractivity (Wildman–Crippen MR) is 114 cm³/mol. The van der Waals surface area contributed by atoms with Gasteiger partial charge in [0.1, 0.15) is 12.4 Å². The second-order valence-electron chi connectivity index (χ2n) is 7.63. The Balaban J connectivity index is 1.77. The van der Waals surface area contributed by atoms with Crippen LogP contribution in [0.4, 0.5) is 0 Å². The van der Waals surface area contributed by atoms with Gasteiger partial charge in [0, 0.05) is 6.42 Å². The van der Waals surface area contributed by atoms with E-state index in [9.17, 15) is 4.79 Å². The van der Waals surface area contributed by atoms with Crippen LogP contribution in [-0.4, -0.2) is 17.7 Å². The molecule has 3 rings (SSSR count). The number of carboxylic acids is 1. The van der Waals surface area contributed by atoms with Gasteiger partial charge in [0.2, 0.25) is 0 Å². The lowest BCUT2D eigenvalue weighted by Gasteiger charge is -2.22. The van der Waals surface area contributed by atoms with E-state index in [-0.39, 0.29) is 6.42 Å². The molecular formula is C25H27NO3. The Hall–Kier alpha value is -3.06. The van der Waals surface area contributed by atoms with Gasteiger partial charge < -0.3 is 9.84 Å². The lowest BCUT2D eigenvalue weighted by atomic mass is 9.87. The summed E-state index contributed by atoms with van der Waals surface area (Å²) < 4.78 is 6.21. The fraction of sp³-hybridized carbons (Fsp3) is 0.360. The predicted octanol–water partition coefficient (Wildman–Crippen LogP) is 5.60. The summed E-state index contributed by atoms with van der Waals surface area (Å²) in [7, 11) is 0. The van der Waals surface area contributed by atoms with Crippen molar-refractivity contribution in [3.8, 4) is 11.8 Å². The highest BCUT2D eigenvalue weighted by atomic mass is 16.5. The van der Waals surface area contributed by atoms with E-state index in [1.54, 1.807) is 0 Å². The van der Waals surface area contributed by atoms with Crippen LogP contribution in [-0.2, 0) is 11.2 Å². The highest BCUT2D eigenvalue weighted by Crippen LogP contribution is 2.33. The largest absolute Gasteiger partial charge is 0.489 e. The molecule has 0 heterocycles. The van der Waals surface area contributed by atoms with E-state index in [2.05, 4.69) is 6.07 Å². The van der Waals surface area contributed by atoms with Gasteiger partial charge >= 0.3 is 5.97 Å². The SMILES string of the molecule is Cc1c(CCC(=O)O)ccc(OCC2=C(c3ccc(C#N)cc3)CCCC2)c1C. The topological polar surface area (TPSA) is 70.3 Å². The average molecular weight is 389 g/mol. The summed E-state index contributed by atoms with van der Waals surface area (Å²) in [6.07, 6.45) is 5.10. The number of benzene rings is 2. The van der Waals surface area contributed by atoms with Gasteiger partial charge in [-0.25, -0.2) is 0 Å². The van der Waals surface area contributed by atoms with Crippen LogP contribution in [0.15, 0.2) is 42.0 Å². The first kappa shape index (κ1) is 20.7. The molecule has 0 atom stereocenters. The number of carboxylic acid groups (broad SMARTS) is 1. The summed E-state index contributed by atoms with van der Waals surface area (Å²) in [4.78, 5) is 10.9. The number of nitrogens with zero attached hydrogens (tertiary/aromatic N) is 1. The molecule has 29 heavy (non-hydrogen) atoms. The van der Waals surface area contributed by atoms with Gasteiger partial charge in [0.15, 0.2) is 0 Å². The van der Waals surface area contributed by atoms with Gasteiger partial charge in [-0.3, -0.25) is 4.79 Å². The lowest BCUT2D eigenvalue weighted by Crippen LogP contribution is -2.09. The smallest absolute Gasteiger partial charge is 0.303 e. The van der Waals surface area contributed by atoms with Crippen molar-refractivity contribution in [2.45, 2.75) is 52.4 Å². The number of carbonyl (C=O) groups is 1. The van der Waals surface area contributed by atoms with Crippen LogP contribution in [0, 0.1) is 25.2 Å². The van der Waals surface area contributed by atoms with Crippen LogP contribution in [0.1, 0.15) is 59.9 Å². The number of rotatable bonds is 7. The highest BCUT2D eigenvalue weighted by molar-refractivity contribution is 5.70. The molecule has 150 valence electrons. The van der Waals surface area contributed by atoms with Crippen LogP contribution in [0.3, 0.4) is 0 Å². The molecule has 1 aliphatic carbocycles. The molecule has 1 N–H and O–H groups in total. The maximum absolute atomic E-state index is 10.9. The van der Waals surface area contributed by atoms with Crippen molar-refractivity contribution in [1.82, 2.24) is 0 Å². The third-order valence-electron chi connectivity index (χ3n) is 5.80. The van der Waals surface area contributed by atoms with E-state index < -0.39 is 5.97 Å². The van der Waals surface area contributed by atoms with Crippen LogP contribution < -0.4 is 4.74 Å². The standard InChI is InChI=1S/C25H27NO3/c1-17-18(2)24(13-11-20(17)12-14-25(27)28)29-16-22-5-3-4-6-23(22)21-9-7-19(15-26)8-10-21/h7-11,13H,3-6,12,14,16H2,1-2H3,(H,27,28). The Labute approximate surface area is 172 Å². The number of hydrogen-bond acceptors (Lipinski definition) is 3. The summed E-state index contributed by atoms with van der Waals surface area (Å²) in [6.45, 7) is 4.62. The molecule has 0 amide bonds. The Morgan fingerprint density at radius 1 is 1.07 bits per heavy atom. The number of hydrogen-bond donors (Lipinski definition) is 1. The molecule has 0 spiro atoms. The fourth-order valence-electron chi connectivity index (χ4n) is 3.91. The van der Waals surface area contributed by atoms with Gasteiger partial charge in [-0.05, 0) is 97.6 Å². The number of aliphatic carboxylic acids is 1. The molecule has 0 saturated carbocycles. The van der Waals surface area contributed by atoms with E-state index in [0.29, 0.717) is 18.6 Å². The molecule has 1 aliphatic rings. The molecule has 0 bridgehead atoms. The first-order valence-electron chi connectivity index (χ1n) is 10.1. The van der Waals surface area contributed by atoms with Gasteiger partial charge in [-0.15, -0.1) is 0 Å². The number of aryl methyl sites for hydroxylation is 1. The Kier molecular flexibility index (Phi) is 6.72. The molecule has 0 unspecified atom stereocenters. The second kappa shape index (κ2) is 9.43. The average Bonchev–Trinajstić information content (AvgIpc) is 2.74.